The lowest BCUT2D eigenvalue weighted by molar-refractivity contribution is 0.102. The minimum absolute atomic E-state index is 0.183. The van der Waals surface area contributed by atoms with E-state index in [1.807, 2.05) is 0 Å². The molecule has 1 N–H and O–H groups in total. The minimum Gasteiger partial charge on any atom is -0.322 e. The second-order valence-electron chi connectivity index (χ2n) is 5.22. The van der Waals surface area contributed by atoms with Crippen molar-refractivity contribution in [1.82, 2.24) is 9.78 Å². The summed E-state index contributed by atoms with van der Waals surface area (Å²) in [7, 11) is 1.58. The molecule has 0 bridgehead atoms. The molecule has 1 aromatic heterocycles. The van der Waals surface area contributed by atoms with Gasteiger partial charge in [-0.1, -0.05) is 18.2 Å². The first-order valence-corrected chi connectivity index (χ1v) is 7.25. The molecular formula is C18H14FN3O2. The molecule has 0 aliphatic carbocycles. The number of aromatic nitrogens is 2. The molecule has 3 aromatic rings. The number of nitrogens with zero attached hydrogens (tertiary/aromatic N) is 2. The molecule has 0 fully saturated rings. The number of carbonyl (C=O) groups is 1. The highest BCUT2D eigenvalue weighted by Crippen LogP contribution is 2.19. The number of halogens is 1. The summed E-state index contributed by atoms with van der Waals surface area (Å²) in [5, 5.41) is 6.87. The summed E-state index contributed by atoms with van der Waals surface area (Å²) in [5.41, 5.74) is 2.11. The van der Waals surface area contributed by atoms with Gasteiger partial charge in [0.1, 0.15) is 5.82 Å². The Morgan fingerprint density at radius 3 is 2.50 bits per heavy atom. The van der Waals surface area contributed by atoms with Crippen LogP contribution < -0.4 is 10.9 Å². The minimum atomic E-state index is -0.459. The Morgan fingerprint density at radius 1 is 1.08 bits per heavy atom. The Labute approximate surface area is 137 Å². The van der Waals surface area contributed by atoms with E-state index in [2.05, 4.69) is 10.4 Å². The number of benzene rings is 2. The molecule has 0 saturated carbocycles. The maximum Gasteiger partial charge on any atom is 0.266 e. The van der Waals surface area contributed by atoms with Crippen LogP contribution in [0.4, 0.5) is 10.1 Å². The molecule has 0 aliphatic heterocycles. The number of hydrogen-bond acceptors (Lipinski definition) is 3. The van der Waals surface area contributed by atoms with E-state index in [-0.39, 0.29) is 17.0 Å². The molecule has 1 heterocycles. The van der Waals surface area contributed by atoms with Crippen molar-refractivity contribution in [3.05, 3.63) is 82.4 Å². The predicted octanol–water partition coefficient (Wildman–Crippen LogP) is 2.84. The van der Waals surface area contributed by atoms with Crippen LogP contribution in [0.25, 0.3) is 11.3 Å². The van der Waals surface area contributed by atoms with Gasteiger partial charge in [0.2, 0.25) is 0 Å². The van der Waals surface area contributed by atoms with Gasteiger partial charge in [0, 0.05) is 29.9 Å². The molecule has 0 aliphatic rings. The molecule has 24 heavy (non-hydrogen) atoms. The smallest absolute Gasteiger partial charge is 0.266 e. The van der Waals surface area contributed by atoms with Gasteiger partial charge < -0.3 is 5.32 Å². The molecule has 6 heteroatoms. The van der Waals surface area contributed by atoms with Gasteiger partial charge in [-0.15, -0.1) is 0 Å². The average Bonchev–Trinajstić information content (AvgIpc) is 2.58. The van der Waals surface area contributed by atoms with Crippen molar-refractivity contribution in [2.24, 2.45) is 7.05 Å². The Morgan fingerprint density at radius 2 is 1.83 bits per heavy atom. The van der Waals surface area contributed by atoms with Crippen LogP contribution in [0.2, 0.25) is 0 Å². The molecule has 2 aromatic carbocycles. The number of anilines is 1. The van der Waals surface area contributed by atoms with E-state index >= 15 is 0 Å². The highest BCUT2D eigenvalue weighted by molar-refractivity contribution is 6.04. The summed E-state index contributed by atoms with van der Waals surface area (Å²) in [6.45, 7) is 0. The third-order valence-corrected chi connectivity index (χ3v) is 3.49. The summed E-state index contributed by atoms with van der Waals surface area (Å²) in [6, 6.07) is 15.6. The Hall–Kier alpha value is -3.28. The summed E-state index contributed by atoms with van der Waals surface area (Å²) >= 11 is 0. The fourth-order valence-corrected chi connectivity index (χ4v) is 2.21. The zero-order valence-corrected chi connectivity index (χ0v) is 12.9. The molecule has 5 nitrogen and oxygen atoms in total. The molecule has 0 radical (unpaired) electrons. The van der Waals surface area contributed by atoms with Crippen LogP contribution in [0.15, 0.2) is 65.5 Å². The third kappa shape index (κ3) is 3.38. The van der Waals surface area contributed by atoms with E-state index in [9.17, 15) is 14.0 Å². The highest BCUT2D eigenvalue weighted by atomic mass is 19.1. The summed E-state index contributed by atoms with van der Waals surface area (Å²) in [6.07, 6.45) is 0. The summed E-state index contributed by atoms with van der Waals surface area (Å²) < 4.78 is 14.4. The van der Waals surface area contributed by atoms with Crippen molar-refractivity contribution in [3.63, 3.8) is 0 Å². The van der Waals surface area contributed by atoms with Crippen LogP contribution in [0.1, 0.15) is 10.4 Å². The lowest BCUT2D eigenvalue weighted by Gasteiger charge is -2.07. The van der Waals surface area contributed by atoms with Crippen LogP contribution in [-0.4, -0.2) is 15.7 Å². The molecule has 3 rings (SSSR count). The van der Waals surface area contributed by atoms with Crippen molar-refractivity contribution in [3.8, 4) is 11.3 Å². The van der Waals surface area contributed by atoms with Gasteiger partial charge in [-0.2, -0.15) is 5.10 Å². The quantitative estimate of drug-likeness (QED) is 0.806. The fourth-order valence-electron chi connectivity index (χ4n) is 2.21. The van der Waals surface area contributed by atoms with Gasteiger partial charge in [-0.05, 0) is 36.4 Å². The van der Waals surface area contributed by atoms with E-state index in [0.717, 1.165) is 5.56 Å². The number of nitrogens with one attached hydrogen (secondary N) is 1. The average molecular weight is 323 g/mol. The molecule has 1 amide bonds. The number of rotatable bonds is 3. The van der Waals surface area contributed by atoms with Crippen LogP contribution in [0.3, 0.4) is 0 Å². The van der Waals surface area contributed by atoms with E-state index in [4.69, 9.17) is 0 Å². The van der Waals surface area contributed by atoms with Gasteiger partial charge >= 0.3 is 0 Å². The monoisotopic (exact) mass is 323 g/mol. The van der Waals surface area contributed by atoms with E-state index in [1.165, 1.54) is 28.9 Å². The first-order chi connectivity index (χ1) is 11.5. The zero-order valence-electron chi connectivity index (χ0n) is 12.9. The number of carbonyl (C=O) groups excluding carboxylic acids is 1. The van der Waals surface area contributed by atoms with Crippen LogP contribution in [0.5, 0.6) is 0 Å². The lowest BCUT2D eigenvalue weighted by Crippen LogP contribution is -2.18. The lowest BCUT2D eigenvalue weighted by atomic mass is 10.1. The Bertz CT molecular complexity index is 949. The van der Waals surface area contributed by atoms with Crippen LogP contribution >= 0.6 is 0 Å². The van der Waals surface area contributed by atoms with E-state index in [0.29, 0.717) is 11.4 Å². The number of aryl methyl sites for hydroxylation is 1. The van der Waals surface area contributed by atoms with Crippen molar-refractivity contribution in [1.29, 1.82) is 0 Å². The summed E-state index contributed by atoms with van der Waals surface area (Å²) in [4.78, 5) is 23.4. The standard InChI is InChI=1S/C18H14FN3O2/c1-22-17(23)10-9-16(21-22)12-5-7-15(8-6-12)20-18(24)13-3-2-4-14(19)11-13/h2-11H,1H3,(H,20,24). The van der Waals surface area contributed by atoms with Crippen molar-refractivity contribution >= 4 is 11.6 Å². The molecule has 120 valence electrons. The van der Waals surface area contributed by atoms with Crippen LogP contribution in [-0.2, 0) is 7.05 Å². The molecule has 0 unspecified atom stereocenters. The van der Waals surface area contributed by atoms with Crippen molar-refractivity contribution < 1.29 is 9.18 Å². The molecular weight excluding hydrogens is 309 g/mol. The predicted molar refractivity (Wildman–Crippen MR) is 89.3 cm³/mol. The van der Waals surface area contributed by atoms with Crippen molar-refractivity contribution in [2.45, 2.75) is 0 Å². The van der Waals surface area contributed by atoms with Gasteiger partial charge in [0.15, 0.2) is 0 Å². The van der Waals surface area contributed by atoms with Crippen LogP contribution in [0, 0.1) is 5.82 Å². The second kappa shape index (κ2) is 6.45. The third-order valence-electron chi connectivity index (χ3n) is 3.49. The first-order valence-electron chi connectivity index (χ1n) is 7.25. The first kappa shape index (κ1) is 15.6. The van der Waals surface area contributed by atoms with Crippen molar-refractivity contribution in [2.75, 3.05) is 5.32 Å². The largest absolute Gasteiger partial charge is 0.322 e. The molecule has 0 atom stereocenters. The number of hydrogen-bond donors (Lipinski definition) is 1. The van der Waals surface area contributed by atoms with Gasteiger partial charge in [-0.25, -0.2) is 9.07 Å². The van der Waals surface area contributed by atoms with Gasteiger partial charge in [0.25, 0.3) is 11.5 Å². The van der Waals surface area contributed by atoms with E-state index in [1.54, 1.807) is 43.4 Å². The zero-order chi connectivity index (χ0) is 17.1. The second-order valence-corrected chi connectivity index (χ2v) is 5.22. The molecule has 0 spiro atoms. The molecule has 0 saturated heterocycles. The summed E-state index contributed by atoms with van der Waals surface area (Å²) in [5.74, 6) is -0.846. The van der Waals surface area contributed by atoms with Gasteiger partial charge in [-0.3, -0.25) is 9.59 Å². The maximum atomic E-state index is 13.2. The maximum absolute atomic E-state index is 13.2. The topological polar surface area (TPSA) is 64.0 Å². The highest BCUT2D eigenvalue weighted by Gasteiger charge is 2.07. The fraction of sp³-hybridized carbons (Fsp3) is 0.0556. The van der Waals surface area contributed by atoms with Gasteiger partial charge in [0.05, 0.1) is 5.69 Å². The Kier molecular flexibility index (Phi) is 4.20. The normalized spacial score (nSPS) is 10.4. The SMILES string of the molecule is Cn1nc(-c2ccc(NC(=O)c3cccc(F)c3)cc2)ccc1=O. The van der Waals surface area contributed by atoms with E-state index < -0.39 is 5.82 Å². The number of amides is 1. The Balaban J connectivity index is 1.78.